The molecule has 0 spiro atoms. The highest BCUT2D eigenvalue weighted by atomic mass is 19.4. The van der Waals surface area contributed by atoms with Crippen molar-refractivity contribution in [3.8, 4) is 11.5 Å². The molecule has 1 saturated heterocycles. The number of nitrogens with zero attached hydrogens (tertiary/aromatic N) is 3. The summed E-state index contributed by atoms with van der Waals surface area (Å²) in [6.45, 7) is 0.437. The van der Waals surface area contributed by atoms with Gasteiger partial charge in [0, 0.05) is 50.3 Å². The third kappa shape index (κ3) is 6.09. The van der Waals surface area contributed by atoms with Crippen LogP contribution >= 0.6 is 0 Å². The average molecular weight is 408 g/mol. The topological polar surface area (TPSA) is 74.8 Å². The zero-order valence-corrected chi connectivity index (χ0v) is 15.4. The molecule has 1 N–H and O–H groups in total. The second-order valence-electron chi connectivity index (χ2n) is 6.40. The number of pyridine rings is 1. The van der Waals surface area contributed by atoms with E-state index in [0.29, 0.717) is 17.2 Å². The van der Waals surface area contributed by atoms with E-state index in [-0.39, 0.29) is 26.2 Å². The molecule has 1 aromatic carbocycles. The second-order valence-corrected chi connectivity index (χ2v) is 6.40. The van der Waals surface area contributed by atoms with E-state index in [0.717, 1.165) is 4.90 Å². The van der Waals surface area contributed by atoms with E-state index in [1.54, 1.807) is 48.8 Å². The summed E-state index contributed by atoms with van der Waals surface area (Å²) in [7, 11) is 0. The molecule has 0 aliphatic carbocycles. The van der Waals surface area contributed by atoms with Crippen molar-refractivity contribution in [2.24, 2.45) is 0 Å². The van der Waals surface area contributed by atoms with Crippen molar-refractivity contribution in [2.45, 2.75) is 12.6 Å². The van der Waals surface area contributed by atoms with Crippen LogP contribution in [0.3, 0.4) is 0 Å². The van der Waals surface area contributed by atoms with Crippen molar-refractivity contribution >= 4 is 17.6 Å². The molecule has 1 aliphatic rings. The maximum absolute atomic E-state index is 12.4. The fraction of sp³-hybridized carbons (Fsp3) is 0.316. The number of amides is 3. The Morgan fingerprint density at radius 3 is 2.31 bits per heavy atom. The quantitative estimate of drug-likeness (QED) is 0.840. The highest BCUT2D eigenvalue weighted by Gasteiger charge is 2.34. The third-order valence-corrected chi connectivity index (χ3v) is 4.24. The highest BCUT2D eigenvalue weighted by molar-refractivity contribution is 5.89. The summed E-state index contributed by atoms with van der Waals surface area (Å²) in [6, 6.07) is 9.81. The van der Waals surface area contributed by atoms with Crippen LogP contribution in [-0.2, 0) is 4.79 Å². The number of benzene rings is 1. The van der Waals surface area contributed by atoms with E-state index in [1.165, 1.54) is 4.90 Å². The van der Waals surface area contributed by atoms with Gasteiger partial charge >= 0.3 is 12.2 Å². The third-order valence-electron chi connectivity index (χ3n) is 4.24. The van der Waals surface area contributed by atoms with E-state index >= 15 is 0 Å². The summed E-state index contributed by atoms with van der Waals surface area (Å²) in [5.41, 5.74) is 0.511. The fourth-order valence-corrected chi connectivity index (χ4v) is 2.82. The van der Waals surface area contributed by atoms with Gasteiger partial charge < -0.3 is 19.9 Å². The van der Waals surface area contributed by atoms with Crippen LogP contribution in [0.1, 0.15) is 6.42 Å². The molecule has 2 heterocycles. The number of urea groups is 1. The van der Waals surface area contributed by atoms with Crippen LogP contribution < -0.4 is 10.1 Å². The summed E-state index contributed by atoms with van der Waals surface area (Å²) >= 11 is 0. The van der Waals surface area contributed by atoms with Gasteiger partial charge in [-0.05, 0) is 24.3 Å². The lowest BCUT2D eigenvalue weighted by Crippen LogP contribution is -2.52. The normalized spacial score (nSPS) is 14.4. The van der Waals surface area contributed by atoms with Crippen LogP contribution in [0, 0.1) is 0 Å². The minimum absolute atomic E-state index is 0.0630. The van der Waals surface area contributed by atoms with Crippen molar-refractivity contribution < 1.29 is 27.5 Å². The molecule has 0 atom stereocenters. The van der Waals surface area contributed by atoms with Gasteiger partial charge in [-0.1, -0.05) is 6.07 Å². The molecule has 2 aromatic rings. The predicted molar refractivity (Wildman–Crippen MR) is 98.6 cm³/mol. The zero-order valence-electron chi connectivity index (χ0n) is 15.4. The molecular formula is C19H19F3N4O3. The van der Waals surface area contributed by atoms with Crippen LogP contribution in [0.4, 0.5) is 23.7 Å². The van der Waals surface area contributed by atoms with E-state index < -0.39 is 24.5 Å². The van der Waals surface area contributed by atoms with Gasteiger partial charge in [0.1, 0.15) is 17.9 Å². The molecule has 154 valence electrons. The van der Waals surface area contributed by atoms with Crippen molar-refractivity contribution in [2.75, 3.05) is 31.5 Å². The molecule has 0 saturated carbocycles. The first-order valence-electron chi connectivity index (χ1n) is 8.88. The SMILES string of the molecule is O=C(CC(F)(F)F)N1CCN(C(=O)Nc2cccc(Oc3ccncc3)c2)CC1. The molecule has 1 fully saturated rings. The first-order chi connectivity index (χ1) is 13.8. The van der Waals surface area contributed by atoms with Gasteiger partial charge in [-0.15, -0.1) is 0 Å². The Bertz CT molecular complexity index is 853. The van der Waals surface area contributed by atoms with Gasteiger partial charge in [0.05, 0.1) is 0 Å². The van der Waals surface area contributed by atoms with Gasteiger partial charge in [-0.2, -0.15) is 13.2 Å². The van der Waals surface area contributed by atoms with Gasteiger partial charge in [0.15, 0.2) is 0 Å². The molecule has 7 nitrogen and oxygen atoms in total. The molecule has 0 unspecified atom stereocenters. The molecule has 3 amide bonds. The van der Waals surface area contributed by atoms with Crippen LogP contribution in [-0.4, -0.2) is 59.1 Å². The Balaban J connectivity index is 1.52. The van der Waals surface area contributed by atoms with Crippen molar-refractivity contribution in [3.05, 3.63) is 48.8 Å². The van der Waals surface area contributed by atoms with E-state index in [9.17, 15) is 22.8 Å². The van der Waals surface area contributed by atoms with Gasteiger partial charge in [0.2, 0.25) is 5.91 Å². The number of nitrogens with one attached hydrogen (secondary N) is 1. The molecule has 1 aromatic heterocycles. The number of alkyl halides is 3. The lowest BCUT2D eigenvalue weighted by Gasteiger charge is -2.34. The number of hydrogen-bond donors (Lipinski definition) is 1. The molecule has 3 rings (SSSR count). The standard InChI is InChI=1S/C19H19F3N4O3/c20-19(21,22)13-17(27)25-8-10-26(11-9-25)18(28)24-14-2-1-3-16(12-14)29-15-4-6-23-7-5-15/h1-7,12H,8-11,13H2,(H,24,28). The Kier molecular flexibility index (Phi) is 6.20. The molecular weight excluding hydrogens is 389 g/mol. The highest BCUT2D eigenvalue weighted by Crippen LogP contribution is 2.24. The Labute approximate surface area is 165 Å². The first kappa shape index (κ1) is 20.4. The number of aromatic nitrogens is 1. The Morgan fingerprint density at radius 1 is 1.00 bits per heavy atom. The molecule has 29 heavy (non-hydrogen) atoms. The number of carbonyl (C=O) groups is 2. The first-order valence-corrected chi connectivity index (χ1v) is 8.88. The second kappa shape index (κ2) is 8.80. The zero-order chi connectivity index (χ0) is 20.9. The fourth-order valence-electron chi connectivity index (χ4n) is 2.82. The minimum atomic E-state index is -4.53. The summed E-state index contributed by atoms with van der Waals surface area (Å²) in [4.78, 5) is 30.5. The summed E-state index contributed by atoms with van der Waals surface area (Å²) in [5, 5.41) is 2.73. The minimum Gasteiger partial charge on any atom is -0.457 e. The Hall–Kier alpha value is -3.30. The molecule has 0 bridgehead atoms. The lowest BCUT2D eigenvalue weighted by molar-refractivity contribution is -0.162. The summed E-state index contributed by atoms with van der Waals surface area (Å²) in [6.07, 6.45) is -2.82. The largest absolute Gasteiger partial charge is 0.457 e. The number of rotatable bonds is 4. The number of piperazine rings is 1. The van der Waals surface area contributed by atoms with Gasteiger partial charge in [-0.25, -0.2) is 4.79 Å². The Morgan fingerprint density at radius 2 is 1.66 bits per heavy atom. The number of hydrogen-bond acceptors (Lipinski definition) is 4. The monoisotopic (exact) mass is 408 g/mol. The van der Waals surface area contributed by atoms with Crippen LogP contribution in [0.25, 0.3) is 0 Å². The van der Waals surface area contributed by atoms with Crippen molar-refractivity contribution in [1.29, 1.82) is 0 Å². The van der Waals surface area contributed by atoms with E-state index in [1.807, 2.05) is 0 Å². The lowest BCUT2D eigenvalue weighted by atomic mass is 10.2. The van der Waals surface area contributed by atoms with E-state index in [4.69, 9.17) is 4.74 Å². The van der Waals surface area contributed by atoms with Crippen LogP contribution in [0.5, 0.6) is 11.5 Å². The molecule has 0 radical (unpaired) electrons. The molecule has 1 aliphatic heterocycles. The maximum atomic E-state index is 12.4. The van der Waals surface area contributed by atoms with Crippen LogP contribution in [0.15, 0.2) is 48.8 Å². The predicted octanol–water partition coefficient (Wildman–Crippen LogP) is 3.50. The summed E-state index contributed by atoms with van der Waals surface area (Å²) in [5.74, 6) is 0.151. The maximum Gasteiger partial charge on any atom is 0.397 e. The number of anilines is 1. The number of carbonyl (C=O) groups excluding carboxylic acids is 2. The average Bonchev–Trinajstić information content (AvgIpc) is 2.68. The number of halogens is 3. The summed E-state index contributed by atoms with van der Waals surface area (Å²) < 4.78 is 42.7. The van der Waals surface area contributed by atoms with Gasteiger partial charge in [-0.3, -0.25) is 9.78 Å². The van der Waals surface area contributed by atoms with Crippen molar-refractivity contribution in [1.82, 2.24) is 14.8 Å². The van der Waals surface area contributed by atoms with Gasteiger partial charge in [0.25, 0.3) is 0 Å². The smallest absolute Gasteiger partial charge is 0.397 e. The van der Waals surface area contributed by atoms with E-state index in [2.05, 4.69) is 10.3 Å². The molecule has 10 heteroatoms. The number of ether oxygens (including phenoxy) is 1. The van der Waals surface area contributed by atoms with Crippen LogP contribution in [0.2, 0.25) is 0 Å². The van der Waals surface area contributed by atoms with Crippen molar-refractivity contribution in [3.63, 3.8) is 0 Å².